The van der Waals surface area contributed by atoms with Gasteiger partial charge in [0.05, 0.1) is 0 Å². The Bertz CT molecular complexity index is 379. The van der Waals surface area contributed by atoms with Crippen LogP contribution in [0.2, 0.25) is 0 Å². The van der Waals surface area contributed by atoms with Crippen LogP contribution in [0.15, 0.2) is 24.3 Å². The maximum atomic E-state index is 11.8. The molecule has 0 aromatic heterocycles. The molecule has 0 fully saturated rings. The largest absolute Gasteiger partial charge is 0.481 e. The first-order chi connectivity index (χ1) is 7.49. The van der Waals surface area contributed by atoms with Crippen molar-refractivity contribution < 1.29 is 14.7 Å². The number of carbonyl (C=O) groups is 2. The van der Waals surface area contributed by atoms with Gasteiger partial charge in [-0.05, 0) is 12.8 Å². The fraction of sp³-hybridized carbons (Fsp3) is 0.385. The molecule has 1 aromatic rings. The van der Waals surface area contributed by atoms with Crippen LogP contribution in [0, 0.1) is 12.8 Å². The van der Waals surface area contributed by atoms with E-state index in [9.17, 15) is 9.59 Å². The van der Waals surface area contributed by atoms with Crippen LogP contribution in [0.3, 0.4) is 0 Å². The van der Waals surface area contributed by atoms with Crippen LogP contribution >= 0.6 is 0 Å². The lowest BCUT2D eigenvalue weighted by Crippen LogP contribution is -2.10. The van der Waals surface area contributed by atoms with E-state index < -0.39 is 5.97 Å². The Balaban J connectivity index is 2.58. The normalized spacial score (nSPS) is 12.1. The van der Waals surface area contributed by atoms with Crippen LogP contribution in [-0.2, 0) is 4.79 Å². The van der Waals surface area contributed by atoms with Crippen LogP contribution in [0.5, 0.6) is 0 Å². The van der Waals surface area contributed by atoms with Crippen molar-refractivity contribution in [2.45, 2.75) is 26.7 Å². The van der Waals surface area contributed by atoms with Crippen molar-refractivity contribution in [1.82, 2.24) is 0 Å². The Kier molecular flexibility index (Phi) is 4.23. The summed E-state index contributed by atoms with van der Waals surface area (Å²) < 4.78 is 0. The molecule has 0 aliphatic carbocycles. The Hall–Kier alpha value is -1.64. The molecule has 0 heterocycles. The number of benzene rings is 1. The van der Waals surface area contributed by atoms with Gasteiger partial charge in [0.25, 0.3) is 0 Å². The molecule has 1 aromatic carbocycles. The van der Waals surface area contributed by atoms with Gasteiger partial charge in [0, 0.05) is 18.4 Å². The zero-order valence-electron chi connectivity index (χ0n) is 9.56. The number of rotatable bonds is 5. The molecular weight excluding hydrogens is 204 g/mol. The van der Waals surface area contributed by atoms with Crippen molar-refractivity contribution in [3.8, 4) is 0 Å². The quantitative estimate of drug-likeness (QED) is 0.776. The highest BCUT2D eigenvalue weighted by molar-refractivity contribution is 5.96. The standard InChI is InChI=1S/C13H16O3/c1-9-3-5-11(6-4-9)12(14)7-10(2)8-13(15)16/h3-6,10H,7-8H2,1-2H3,(H,15,16)/t10-/m1/s1. The second-order valence-electron chi connectivity index (χ2n) is 4.20. The molecule has 0 unspecified atom stereocenters. The smallest absolute Gasteiger partial charge is 0.303 e. The Labute approximate surface area is 95.1 Å². The van der Waals surface area contributed by atoms with Crippen LogP contribution in [0.4, 0.5) is 0 Å². The summed E-state index contributed by atoms with van der Waals surface area (Å²) in [4.78, 5) is 22.2. The third-order valence-corrected chi connectivity index (χ3v) is 2.43. The summed E-state index contributed by atoms with van der Waals surface area (Å²) >= 11 is 0. The fourth-order valence-electron chi connectivity index (χ4n) is 1.54. The van der Waals surface area contributed by atoms with Crippen LogP contribution in [0.1, 0.15) is 35.7 Å². The molecule has 0 bridgehead atoms. The van der Waals surface area contributed by atoms with Gasteiger partial charge in [0.1, 0.15) is 0 Å². The van der Waals surface area contributed by atoms with Crippen molar-refractivity contribution in [3.63, 3.8) is 0 Å². The Morgan fingerprint density at radius 3 is 2.25 bits per heavy atom. The monoisotopic (exact) mass is 220 g/mol. The number of carbonyl (C=O) groups excluding carboxylic acids is 1. The van der Waals surface area contributed by atoms with Gasteiger partial charge >= 0.3 is 5.97 Å². The molecule has 0 saturated heterocycles. The fourth-order valence-corrected chi connectivity index (χ4v) is 1.54. The van der Waals surface area contributed by atoms with Gasteiger partial charge in [-0.25, -0.2) is 0 Å². The van der Waals surface area contributed by atoms with Crippen LogP contribution < -0.4 is 0 Å². The van der Waals surface area contributed by atoms with Crippen LogP contribution in [0.25, 0.3) is 0 Å². The topological polar surface area (TPSA) is 54.4 Å². The third-order valence-electron chi connectivity index (χ3n) is 2.43. The first-order valence-electron chi connectivity index (χ1n) is 5.30. The van der Waals surface area contributed by atoms with Crippen molar-refractivity contribution in [2.24, 2.45) is 5.92 Å². The molecule has 0 amide bonds. The molecule has 1 N–H and O–H groups in total. The van der Waals surface area contributed by atoms with Gasteiger partial charge in [0.2, 0.25) is 0 Å². The molecular formula is C13H16O3. The SMILES string of the molecule is Cc1ccc(C(=O)C[C@@H](C)CC(=O)O)cc1. The van der Waals surface area contributed by atoms with Gasteiger partial charge in [0.15, 0.2) is 5.78 Å². The Morgan fingerprint density at radius 1 is 1.19 bits per heavy atom. The van der Waals surface area contributed by atoms with Gasteiger partial charge in [-0.3, -0.25) is 9.59 Å². The zero-order chi connectivity index (χ0) is 12.1. The summed E-state index contributed by atoms with van der Waals surface area (Å²) in [6.07, 6.45) is 0.326. The predicted octanol–water partition coefficient (Wildman–Crippen LogP) is 2.68. The van der Waals surface area contributed by atoms with E-state index in [1.807, 2.05) is 19.1 Å². The number of ketones is 1. The lowest BCUT2D eigenvalue weighted by Gasteiger charge is -2.07. The molecule has 86 valence electrons. The van der Waals surface area contributed by atoms with E-state index >= 15 is 0 Å². The lowest BCUT2D eigenvalue weighted by molar-refractivity contribution is -0.137. The number of aliphatic carboxylic acids is 1. The van der Waals surface area contributed by atoms with Crippen LogP contribution in [-0.4, -0.2) is 16.9 Å². The average Bonchev–Trinajstić information content (AvgIpc) is 2.16. The number of Topliss-reactive ketones (excluding diaryl/α,β-unsaturated/α-hetero) is 1. The molecule has 0 spiro atoms. The first kappa shape index (κ1) is 12.4. The van der Waals surface area contributed by atoms with Gasteiger partial charge < -0.3 is 5.11 Å². The number of aryl methyl sites for hydroxylation is 1. The highest BCUT2D eigenvalue weighted by atomic mass is 16.4. The number of hydrogen-bond donors (Lipinski definition) is 1. The van der Waals surface area contributed by atoms with Gasteiger partial charge in [-0.2, -0.15) is 0 Å². The van der Waals surface area contributed by atoms with Crippen molar-refractivity contribution in [2.75, 3.05) is 0 Å². The predicted molar refractivity (Wildman–Crippen MR) is 61.5 cm³/mol. The summed E-state index contributed by atoms with van der Waals surface area (Å²) in [5, 5.41) is 8.59. The van der Waals surface area contributed by atoms with E-state index in [-0.39, 0.29) is 24.5 Å². The average molecular weight is 220 g/mol. The van der Waals surface area contributed by atoms with Gasteiger partial charge in [-0.15, -0.1) is 0 Å². The van der Waals surface area contributed by atoms with E-state index in [1.54, 1.807) is 19.1 Å². The highest BCUT2D eigenvalue weighted by Crippen LogP contribution is 2.13. The van der Waals surface area contributed by atoms with Crippen molar-refractivity contribution in [3.05, 3.63) is 35.4 Å². The zero-order valence-corrected chi connectivity index (χ0v) is 9.56. The molecule has 0 aliphatic heterocycles. The highest BCUT2D eigenvalue weighted by Gasteiger charge is 2.13. The molecule has 3 heteroatoms. The minimum absolute atomic E-state index is 0.00810. The molecule has 1 rings (SSSR count). The maximum absolute atomic E-state index is 11.8. The summed E-state index contributed by atoms with van der Waals surface area (Å²) in [6.45, 7) is 3.74. The number of carboxylic acid groups (broad SMARTS) is 1. The summed E-state index contributed by atoms with van der Waals surface area (Å²) in [6, 6.07) is 7.33. The van der Waals surface area contributed by atoms with Crippen molar-refractivity contribution in [1.29, 1.82) is 0 Å². The van der Waals surface area contributed by atoms with E-state index in [0.29, 0.717) is 5.56 Å². The number of hydrogen-bond acceptors (Lipinski definition) is 2. The molecule has 3 nitrogen and oxygen atoms in total. The second-order valence-corrected chi connectivity index (χ2v) is 4.20. The minimum Gasteiger partial charge on any atom is -0.481 e. The lowest BCUT2D eigenvalue weighted by atomic mass is 9.97. The summed E-state index contributed by atoms with van der Waals surface area (Å²) in [5.74, 6) is -0.968. The summed E-state index contributed by atoms with van der Waals surface area (Å²) in [7, 11) is 0. The first-order valence-corrected chi connectivity index (χ1v) is 5.30. The van der Waals surface area contributed by atoms with E-state index in [2.05, 4.69) is 0 Å². The third kappa shape index (κ3) is 3.85. The molecule has 0 aliphatic rings. The molecule has 16 heavy (non-hydrogen) atoms. The maximum Gasteiger partial charge on any atom is 0.303 e. The van der Waals surface area contributed by atoms with Gasteiger partial charge in [-0.1, -0.05) is 36.8 Å². The molecule has 0 radical (unpaired) electrons. The molecule has 1 atom stereocenters. The number of carboxylic acids is 1. The van der Waals surface area contributed by atoms with Crippen molar-refractivity contribution >= 4 is 11.8 Å². The Morgan fingerprint density at radius 2 is 1.75 bits per heavy atom. The van der Waals surface area contributed by atoms with E-state index in [0.717, 1.165) is 5.56 Å². The van der Waals surface area contributed by atoms with E-state index in [1.165, 1.54) is 0 Å². The summed E-state index contributed by atoms with van der Waals surface area (Å²) in [5.41, 5.74) is 1.76. The molecule has 0 saturated carbocycles. The van der Waals surface area contributed by atoms with E-state index in [4.69, 9.17) is 5.11 Å². The minimum atomic E-state index is -0.857. The second kappa shape index (κ2) is 5.45.